The van der Waals surface area contributed by atoms with Crippen molar-refractivity contribution in [3.63, 3.8) is 0 Å². The van der Waals surface area contributed by atoms with Gasteiger partial charge in [-0.3, -0.25) is 0 Å². The molecule has 4 nitrogen and oxygen atoms in total. The standard InChI is InChI=1S/C64H44N2.C56H40N2/c1-3-17-49(18-4-1)57-39-41-63(61-25-13-11-23-59(57)61)65(55-37-31-45-15-7-9-21-51(45)43-55)53-33-27-47(28-34-53)48-29-35-54(36-30-48)66(56-38-32-46-16-8-10-22-52(46)44-56)64-42-40-58(50-19-5-2-6-20-50)60-24-12-14-26-62(60)64;1-5-17-43(18-6-1)49-37-39-55(53-27-15-13-25-51(49)53)57(45-21-9-3-10-22-45)47-33-29-41(30-34-47)42-31-35-48(36-32-42)58(46-23-11-4-12-24-46)56-40-38-50(44-19-7-2-8-20-44)52-26-14-16-28-54(52)56/h1-44H;1-40H. The molecule has 22 aromatic rings. The van der Waals surface area contributed by atoms with Gasteiger partial charge >= 0.3 is 0 Å². The number of benzene rings is 22. The summed E-state index contributed by atoms with van der Waals surface area (Å²) < 4.78 is 0. The van der Waals surface area contributed by atoms with Crippen LogP contribution < -0.4 is 19.6 Å². The molecule has 0 aromatic heterocycles. The third-order valence-corrected chi connectivity index (χ3v) is 24.1. The van der Waals surface area contributed by atoms with Crippen LogP contribution in [0.25, 0.3) is 131 Å². The Balaban J connectivity index is 0.000000153. The van der Waals surface area contributed by atoms with E-state index in [9.17, 15) is 0 Å². The van der Waals surface area contributed by atoms with Crippen molar-refractivity contribution in [1.29, 1.82) is 0 Å². The van der Waals surface area contributed by atoms with Gasteiger partial charge in [-0.05, 0) is 231 Å². The molecule has 22 rings (SSSR count). The van der Waals surface area contributed by atoms with E-state index in [4.69, 9.17) is 0 Å². The predicted octanol–water partition coefficient (Wildman–Crippen LogP) is 34.2. The fourth-order valence-electron chi connectivity index (χ4n) is 18.1. The van der Waals surface area contributed by atoms with Crippen LogP contribution in [0, 0.1) is 0 Å². The van der Waals surface area contributed by atoms with Gasteiger partial charge in [-0.25, -0.2) is 0 Å². The van der Waals surface area contributed by atoms with E-state index in [1.165, 1.54) is 109 Å². The van der Waals surface area contributed by atoms with Crippen LogP contribution >= 0.6 is 0 Å². The van der Waals surface area contributed by atoms with Crippen molar-refractivity contribution in [2.75, 3.05) is 19.6 Å². The second kappa shape index (κ2) is 33.8. The molecule has 0 amide bonds. The maximum absolute atomic E-state index is 2.41. The minimum atomic E-state index is 1.09. The lowest BCUT2D eigenvalue weighted by atomic mass is 9.96. The summed E-state index contributed by atoms with van der Waals surface area (Å²) in [6.07, 6.45) is 0. The molecule has 0 spiro atoms. The Labute approximate surface area is 723 Å². The maximum atomic E-state index is 2.41. The van der Waals surface area contributed by atoms with Gasteiger partial charge in [0.15, 0.2) is 0 Å². The smallest absolute Gasteiger partial charge is 0.0540 e. The zero-order valence-corrected chi connectivity index (χ0v) is 68.3. The van der Waals surface area contributed by atoms with Gasteiger partial charge in [0.1, 0.15) is 0 Å². The number of nitrogens with zero attached hydrogens (tertiary/aromatic N) is 4. The van der Waals surface area contributed by atoms with Crippen LogP contribution in [0.5, 0.6) is 0 Å². The molecule has 584 valence electrons. The van der Waals surface area contributed by atoms with E-state index in [0.29, 0.717) is 0 Å². The fourth-order valence-corrected chi connectivity index (χ4v) is 18.1. The SMILES string of the molecule is c1ccc(-c2ccc(N(c3ccc(-c4ccc(N(c5ccc6ccccc6c5)c5ccc(-c6ccccc6)c6ccccc56)cc4)cc3)c3ccc4ccccc4c3)c3ccccc23)cc1.c1ccc(-c2ccc(N(c3ccccc3)c3ccc(-c4ccc(N(c5ccccc5)c5ccc(-c6ccccc6)c6ccccc56)cc4)cc3)c3ccccc23)cc1. The fraction of sp³-hybridized carbons (Fsp3) is 0. The van der Waals surface area contributed by atoms with Crippen molar-refractivity contribution in [1.82, 2.24) is 0 Å². The molecular formula is C120H84N4. The van der Waals surface area contributed by atoms with Crippen LogP contribution in [0.15, 0.2) is 510 Å². The van der Waals surface area contributed by atoms with E-state index >= 15 is 0 Å². The van der Waals surface area contributed by atoms with Gasteiger partial charge in [0.05, 0.1) is 22.7 Å². The third kappa shape index (κ3) is 14.8. The predicted molar refractivity (Wildman–Crippen MR) is 529 cm³/mol. The summed E-state index contributed by atoms with van der Waals surface area (Å²) in [5, 5.41) is 14.6. The van der Waals surface area contributed by atoms with Crippen LogP contribution in [-0.4, -0.2) is 0 Å². The van der Waals surface area contributed by atoms with E-state index in [1.54, 1.807) is 0 Å². The number of fused-ring (bicyclic) bond motifs is 6. The zero-order valence-electron chi connectivity index (χ0n) is 68.3. The summed E-state index contributed by atoms with van der Waals surface area (Å²) in [4.78, 5) is 9.56. The molecule has 0 saturated carbocycles. The lowest BCUT2D eigenvalue weighted by Crippen LogP contribution is -2.11. The minimum Gasteiger partial charge on any atom is -0.310 e. The van der Waals surface area contributed by atoms with Gasteiger partial charge in [-0.15, -0.1) is 0 Å². The lowest BCUT2D eigenvalue weighted by molar-refractivity contribution is 1.29. The first-order valence-electron chi connectivity index (χ1n) is 42.5. The number of hydrogen-bond acceptors (Lipinski definition) is 4. The number of rotatable bonds is 18. The number of anilines is 12. The first-order chi connectivity index (χ1) is 61.5. The molecule has 124 heavy (non-hydrogen) atoms. The Morgan fingerprint density at radius 2 is 0.290 bits per heavy atom. The molecule has 0 unspecified atom stereocenters. The van der Waals surface area contributed by atoms with Gasteiger partial charge in [0, 0.05) is 67.0 Å². The molecule has 0 fully saturated rings. The Kier molecular flexibility index (Phi) is 20.5. The Bertz CT molecular complexity index is 7100. The topological polar surface area (TPSA) is 13.0 Å². The van der Waals surface area contributed by atoms with Gasteiger partial charge in [0.25, 0.3) is 0 Å². The molecule has 22 aromatic carbocycles. The van der Waals surface area contributed by atoms with Crippen molar-refractivity contribution in [3.05, 3.63) is 510 Å². The van der Waals surface area contributed by atoms with Gasteiger partial charge in [-0.2, -0.15) is 0 Å². The summed E-state index contributed by atoms with van der Waals surface area (Å²) in [6, 6.07) is 184. The highest BCUT2D eigenvalue weighted by Crippen LogP contribution is 2.49. The normalized spacial score (nSPS) is 11.2. The highest BCUT2D eigenvalue weighted by molar-refractivity contribution is 6.11. The number of hydrogen-bond donors (Lipinski definition) is 0. The quantitative estimate of drug-likeness (QED) is 0.0849. The number of para-hydroxylation sites is 2. The summed E-state index contributed by atoms with van der Waals surface area (Å²) >= 11 is 0. The maximum Gasteiger partial charge on any atom is 0.0540 e. The van der Waals surface area contributed by atoms with Gasteiger partial charge < -0.3 is 19.6 Å². The third-order valence-electron chi connectivity index (χ3n) is 24.1. The highest BCUT2D eigenvalue weighted by Gasteiger charge is 2.24. The second-order valence-electron chi connectivity index (χ2n) is 31.4. The lowest BCUT2D eigenvalue weighted by Gasteiger charge is -2.28. The van der Waals surface area contributed by atoms with Crippen molar-refractivity contribution in [2.45, 2.75) is 0 Å². The van der Waals surface area contributed by atoms with Crippen LogP contribution in [-0.2, 0) is 0 Å². The summed E-state index contributed by atoms with van der Waals surface area (Å²) in [6.45, 7) is 0. The van der Waals surface area contributed by atoms with E-state index in [2.05, 4.69) is 529 Å². The molecule has 0 bridgehead atoms. The largest absolute Gasteiger partial charge is 0.310 e. The molecule has 0 atom stereocenters. The van der Waals surface area contributed by atoms with E-state index in [1.807, 2.05) is 0 Å². The first-order valence-corrected chi connectivity index (χ1v) is 42.5. The molecule has 0 aliphatic rings. The van der Waals surface area contributed by atoms with Gasteiger partial charge in [0.2, 0.25) is 0 Å². The molecular weight excluding hydrogens is 1500 g/mol. The summed E-state index contributed by atoms with van der Waals surface area (Å²) in [5.74, 6) is 0. The summed E-state index contributed by atoms with van der Waals surface area (Å²) in [5.41, 5.74) is 27.8. The van der Waals surface area contributed by atoms with Crippen LogP contribution in [0.3, 0.4) is 0 Å². The zero-order chi connectivity index (χ0) is 82.5. The minimum absolute atomic E-state index is 1.09. The van der Waals surface area contributed by atoms with Gasteiger partial charge in [-0.1, -0.05) is 388 Å². The first kappa shape index (κ1) is 75.1. The second-order valence-corrected chi connectivity index (χ2v) is 31.4. The van der Waals surface area contributed by atoms with Crippen LogP contribution in [0.2, 0.25) is 0 Å². The molecule has 0 aliphatic heterocycles. The Morgan fingerprint density at radius 3 is 0.540 bits per heavy atom. The van der Waals surface area contributed by atoms with Crippen molar-refractivity contribution >= 4 is 133 Å². The molecule has 0 radical (unpaired) electrons. The Hall–Kier alpha value is -16.4. The molecule has 4 heteroatoms. The Morgan fingerprint density at radius 1 is 0.105 bits per heavy atom. The average molecular weight is 1580 g/mol. The van der Waals surface area contributed by atoms with Crippen LogP contribution in [0.1, 0.15) is 0 Å². The van der Waals surface area contributed by atoms with E-state index in [0.717, 1.165) is 90.5 Å². The van der Waals surface area contributed by atoms with Crippen molar-refractivity contribution in [3.8, 4) is 66.8 Å². The van der Waals surface area contributed by atoms with Crippen molar-refractivity contribution < 1.29 is 0 Å². The molecule has 0 aliphatic carbocycles. The highest BCUT2D eigenvalue weighted by atomic mass is 15.2. The monoisotopic (exact) mass is 1580 g/mol. The molecule has 0 saturated heterocycles. The summed E-state index contributed by atoms with van der Waals surface area (Å²) in [7, 11) is 0. The van der Waals surface area contributed by atoms with E-state index < -0.39 is 0 Å². The van der Waals surface area contributed by atoms with Crippen LogP contribution in [0.4, 0.5) is 68.2 Å². The molecule has 0 heterocycles. The molecule has 0 N–H and O–H groups in total. The van der Waals surface area contributed by atoms with Crippen molar-refractivity contribution in [2.24, 2.45) is 0 Å². The van der Waals surface area contributed by atoms with E-state index in [-0.39, 0.29) is 0 Å². The average Bonchev–Trinajstić information content (AvgIpc) is 0.766.